The first-order valence-corrected chi connectivity index (χ1v) is 24.9. The molecule has 0 amide bonds. The fraction of sp³-hybridized carbons (Fsp3) is 0.0141. The molecule has 12 aromatic carbocycles. The summed E-state index contributed by atoms with van der Waals surface area (Å²) >= 11 is 0. The normalized spacial score (nSPS) is 12.3. The van der Waals surface area contributed by atoms with E-state index in [0.29, 0.717) is 0 Å². The van der Waals surface area contributed by atoms with Gasteiger partial charge in [-0.1, -0.05) is 243 Å². The number of rotatable bonds is 10. The van der Waals surface area contributed by atoms with Gasteiger partial charge < -0.3 is 4.90 Å². The highest BCUT2D eigenvalue weighted by Gasteiger charge is 2.46. The van der Waals surface area contributed by atoms with Crippen LogP contribution in [0.1, 0.15) is 22.3 Å². The minimum atomic E-state index is -0.452. The van der Waals surface area contributed by atoms with E-state index < -0.39 is 5.41 Å². The summed E-state index contributed by atoms with van der Waals surface area (Å²) in [6.07, 6.45) is 0. The van der Waals surface area contributed by atoms with Crippen LogP contribution < -0.4 is 4.90 Å². The summed E-state index contributed by atoms with van der Waals surface area (Å²) in [5.74, 6) is 0. The first-order valence-electron chi connectivity index (χ1n) is 24.9. The van der Waals surface area contributed by atoms with E-state index in [4.69, 9.17) is 0 Å². The summed E-state index contributed by atoms with van der Waals surface area (Å²) in [6.45, 7) is 0. The fourth-order valence-corrected chi connectivity index (χ4v) is 11.2. The van der Waals surface area contributed by atoms with Crippen LogP contribution in [0.3, 0.4) is 0 Å². The monoisotopic (exact) mass is 915 g/mol. The molecule has 0 atom stereocenters. The van der Waals surface area contributed by atoms with E-state index in [1.807, 2.05) is 0 Å². The first kappa shape index (κ1) is 42.8. The second-order valence-electron chi connectivity index (χ2n) is 18.9. The Labute approximate surface area is 422 Å². The Hall–Kier alpha value is -9.30. The van der Waals surface area contributed by atoms with Crippen molar-refractivity contribution in [3.63, 3.8) is 0 Å². The molecule has 0 unspecified atom stereocenters. The maximum absolute atomic E-state index is 2.44. The van der Waals surface area contributed by atoms with Crippen molar-refractivity contribution < 1.29 is 0 Å². The molecule has 1 nitrogen and oxygen atoms in total. The highest BCUT2D eigenvalue weighted by atomic mass is 15.1. The first-order chi connectivity index (χ1) is 35.7. The predicted molar refractivity (Wildman–Crippen MR) is 303 cm³/mol. The molecule has 0 radical (unpaired) electrons. The molecule has 72 heavy (non-hydrogen) atoms. The summed E-state index contributed by atoms with van der Waals surface area (Å²) in [5, 5.41) is 2.51. The van der Waals surface area contributed by atoms with Crippen LogP contribution in [0.5, 0.6) is 0 Å². The molecule has 12 aromatic rings. The van der Waals surface area contributed by atoms with Crippen molar-refractivity contribution in [2.75, 3.05) is 4.90 Å². The van der Waals surface area contributed by atoms with Gasteiger partial charge in [-0.25, -0.2) is 0 Å². The van der Waals surface area contributed by atoms with Gasteiger partial charge in [-0.15, -0.1) is 0 Å². The topological polar surface area (TPSA) is 3.24 Å². The predicted octanol–water partition coefficient (Wildman–Crippen LogP) is 19.0. The molecule has 1 heteroatoms. The van der Waals surface area contributed by atoms with Gasteiger partial charge in [-0.2, -0.15) is 0 Å². The van der Waals surface area contributed by atoms with Gasteiger partial charge in [-0.05, 0) is 154 Å². The van der Waals surface area contributed by atoms with E-state index in [-0.39, 0.29) is 0 Å². The van der Waals surface area contributed by atoms with Crippen molar-refractivity contribution in [1.82, 2.24) is 0 Å². The highest BCUT2D eigenvalue weighted by Crippen LogP contribution is 2.56. The molecular formula is C71H49N. The van der Waals surface area contributed by atoms with E-state index in [1.165, 1.54) is 99.8 Å². The van der Waals surface area contributed by atoms with Gasteiger partial charge in [-0.3, -0.25) is 0 Å². The lowest BCUT2D eigenvalue weighted by Crippen LogP contribution is -2.28. The lowest BCUT2D eigenvalue weighted by atomic mass is 9.67. The lowest BCUT2D eigenvalue weighted by Gasteiger charge is -2.34. The number of anilines is 3. The highest BCUT2D eigenvalue weighted by molar-refractivity contribution is 5.90. The molecule has 0 aromatic heterocycles. The molecule has 0 heterocycles. The second kappa shape index (κ2) is 18.2. The summed E-state index contributed by atoms with van der Waals surface area (Å²) < 4.78 is 0. The number of hydrogen-bond donors (Lipinski definition) is 0. The van der Waals surface area contributed by atoms with Crippen LogP contribution in [0.25, 0.3) is 77.5 Å². The Balaban J connectivity index is 0.832. The molecule has 0 spiro atoms. The van der Waals surface area contributed by atoms with E-state index in [2.05, 4.69) is 302 Å². The lowest BCUT2D eigenvalue weighted by molar-refractivity contribution is 0.769. The SMILES string of the molecule is c1ccc(-c2ccc(N(c3ccc(-c4ccc(-c5cccc(-c6ccc7ccccc7c6)c5)cc4)cc3)c3ccc(-c4ccc5c(c4)C(c4ccccc4)(c4ccccc4)c4ccccc4-5)cc3)cc2)cc1. The molecule has 0 saturated heterocycles. The van der Waals surface area contributed by atoms with Gasteiger partial charge in [0.1, 0.15) is 0 Å². The van der Waals surface area contributed by atoms with Crippen LogP contribution in [0.2, 0.25) is 0 Å². The third-order valence-electron chi connectivity index (χ3n) is 14.8. The largest absolute Gasteiger partial charge is 0.311 e. The summed E-state index contributed by atoms with van der Waals surface area (Å²) in [5.41, 5.74) is 22.5. The van der Waals surface area contributed by atoms with Crippen LogP contribution >= 0.6 is 0 Å². The van der Waals surface area contributed by atoms with Crippen LogP contribution in [0, 0.1) is 0 Å². The zero-order valence-corrected chi connectivity index (χ0v) is 39.7. The molecule has 0 aliphatic heterocycles. The Bertz CT molecular complexity index is 3820. The van der Waals surface area contributed by atoms with Crippen molar-refractivity contribution >= 4 is 27.8 Å². The number of benzene rings is 12. The van der Waals surface area contributed by atoms with E-state index in [0.717, 1.165) is 17.1 Å². The Morgan fingerprint density at radius 2 is 0.569 bits per heavy atom. The third kappa shape index (κ3) is 7.60. The van der Waals surface area contributed by atoms with Crippen LogP contribution in [0.15, 0.2) is 297 Å². The smallest absolute Gasteiger partial charge is 0.0713 e. The summed E-state index contributed by atoms with van der Waals surface area (Å²) in [7, 11) is 0. The fourth-order valence-electron chi connectivity index (χ4n) is 11.2. The Morgan fingerprint density at radius 1 is 0.208 bits per heavy atom. The van der Waals surface area contributed by atoms with E-state index in [1.54, 1.807) is 0 Å². The molecule has 1 aliphatic rings. The molecule has 0 saturated carbocycles. The molecule has 0 bridgehead atoms. The van der Waals surface area contributed by atoms with Crippen LogP contribution in [0.4, 0.5) is 17.1 Å². The number of fused-ring (bicyclic) bond motifs is 4. The number of hydrogen-bond acceptors (Lipinski definition) is 1. The summed E-state index contributed by atoms with van der Waals surface area (Å²) in [6, 6.07) is 109. The van der Waals surface area contributed by atoms with Crippen LogP contribution in [-0.4, -0.2) is 0 Å². The Kier molecular flexibility index (Phi) is 10.8. The van der Waals surface area contributed by atoms with E-state index >= 15 is 0 Å². The minimum absolute atomic E-state index is 0.452. The second-order valence-corrected chi connectivity index (χ2v) is 18.9. The van der Waals surface area contributed by atoms with Crippen molar-refractivity contribution in [1.29, 1.82) is 0 Å². The van der Waals surface area contributed by atoms with Gasteiger partial charge in [0.25, 0.3) is 0 Å². The third-order valence-corrected chi connectivity index (χ3v) is 14.8. The van der Waals surface area contributed by atoms with Gasteiger partial charge in [0.2, 0.25) is 0 Å². The molecule has 0 N–H and O–H groups in total. The zero-order valence-electron chi connectivity index (χ0n) is 39.7. The van der Waals surface area contributed by atoms with Gasteiger partial charge in [0.05, 0.1) is 5.41 Å². The maximum Gasteiger partial charge on any atom is 0.0713 e. The molecular weight excluding hydrogens is 867 g/mol. The summed E-state index contributed by atoms with van der Waals surface area (Å²) in [4.78, 5) is 2.36. The molecule has 0 fully saturated rings. The molecule has 338 valence electrons. The maximum atomic E-state index is 2.44. The van der Waals surface area contributed by atoms with Crippen LogP contribution in [-0.2, 0) is 5.41 Å². The van der Waals surface area contributed by atoms with Crippen molar-refractivity contribution in [2.45, 2.75) is 5.41 Å². The van der Waals surface area contributed by atoms with E-state index in [9.17, 15) is 0 Å². The van der Waals surface area contributed by atoms with Crippen molar-refractivity contribution in [2.24, 2.45) is 0 Å². The zero-order chi connectivity index (χ0) is 47.8. The Morgan fingerprint density at radius 3 is 1.14 bits per heavy atom. The van der Waals surface area contributed by atoms with Gasteiger partial charge >= 0.3 is 0 Å². The molecule has 1 aliphatic carbocycles. The number of nitrogens with zero attached hydrogens (tertiary/aromatic N) is 1. The van der Waals surface area contributed by atoms with Crippen molar-refractivity contribution in [3.8, 4) is 66.8 Å². The average molecular weight is 916 g/mol. The standard InChI is InChI=1S/C71H49N/c1-4-15-50(16-5-1)53-33-40-64(41-34-53)72(65-42-35-54(36-43-65)52-27-29-55(30-28-52)58-19-14-20-59(47-58)60-32-31-51-17-10-11-18-57(51)48-60)66-44-37-56(38-45-66)61-39-46-68-67-25-12-13-26-69(67)71(70(68)49-61,62-21-6-2-7-22-62)63-23-8-3-9-24-63/h1-49H. The quantitative estimate of drug-likeness (QED) is 0.132. The molecule has 13 rings (SSSR count). The van der Waals surface area contributed by atoms with Gasteiger partial charge in [0.15, 0.2) is 0 Å². The minimum Gasteiger partial charge on any atom is -0.311 e. The van der Waals surface area contributed by atoms with Crippen molar-refractivity contribution in [3.05, 3.63) is 320 Å². The average Bonchev–Trinajstić information content (AvgIpc) is 3.77. The van der Waals surface area contributed by atoms with Gasteiger partial charge in [0, 0.05) is 17.1 Å².